The smallest absolute Gasteiger partial charge is 0.138 e. The average Bonchev–Trinajstić information content (AvgIpc) is 2.34. The molecule has 1 aromatic carbocycles. The fourth-order valence-electron chi connectivity index (χ4n) is 1.27. The lowest BCUT2D eigenvalue weighted by Crippen LogP contribution is -1.93. The number of halogens is 1. The van der Waals surface area contributed by atoms with Crippen LogP contribution < -0.4 is 4.74 Å². The van der Waals surface area contributed by atoms with Crippen LogP contribution in [-0.4, -0.2) is 23.3 Å². The fraction of sp³-hybridized carbons (Fsp3) is 0.231. The van der Waals surface area contributed by atoms with E-state index in [1.54, 1.807) is 24.5 Å². The Morgan fingerprint density at radius 3 is 2.83 bits per heavy atom. The Morgan fingerprint density at radius 1 is 1.61 bits per heavy atom. The van der Waals surface area contributed by atoms with E-state index in [-0.39, 0.29) is 0 Å². The Hall–Kier alpha value is -0.710. The molecule has 98 valence electrons. The number of ether oxygens (including phenoxy) is 1. The van der Waals surface area contributed by atoms with E-state index in [1.165, 1.54) is 11.8 Å². The lowest BCUT2D eigenvalue weighted by molar-refractivity contribution is 0.363. The van der Waals surface area contributed by atoms with Gasteiger partial charge < -0.3 is 4.74 Å². The van der Waals surface area contributed by atoms with E-state index in [2.05, 4.69) is 6.58 Å². The van der Waals surface area contributed by atoms with Gasteiger partial charge in [-0.1, -0.05) is 30.3 Å². The average molecular weight is 303 g/mol. The molecule has 18 heavy (non-hydrogen) atoms. The van der Waals surface area contributed by atoms with Crippen molar-refractivity contribution in [2.45, 2.75) is 0 Å². The van der Waals surface area contributed by atoms with Gasteiger partial charge >= 0.3 is 0 Å². The van der Waals surface area contributed by atoms with Crippen molar-refractivity contribution in [3.63, 3.8) is 0 Å². The van der Waals surface area contributed by atoms with Crippen LogP contribution >= 0.6 is 23.4 Å². The van der Waals surface area contributed by atoms with Gasteiger partial charge in [-0.2, -0.15) is 0 Å². The molecule has 5 heteroatoms. The molecule has 1 rings (SSSR count). The predicted molar refractivity (Wildman–Crippen MR) is 82.7 cm³/mol. The molecule has 0 amide bonds. The van der Waals surface area contributed by atoms with Gasteiger partial charge in [-0.25, -0.2) is 0 Å². The summed E-state index contributed by atoms with van der Waals surface area (Å²) < 4.78 is 17.6. The summed E-state index contributed by atoms with van der Waals surface area (Å²) in [6, 6.07) is 5.48. The summed E-state index contributed by atoms with van der Waals surface area (Å²) in [5, 5.41) is 0.535. The standard InChI is InChI=1S/C13H15ClO2S2/c1-4-7-16-12-6-5-10(8-11(12)14)9-13(17-2)18(3)15/h4-6,8-9H,1,7H2,2-3H3. The number of thioether (sulfide) groups is 1. The van der Waals surface area contributed by atoms with Crippen LogP contribution in [0.4, 0.5) is 0 Å². The summed E-state index contributed by atoms with van der Waals surface area (Å²) in [4.78, 5) is 0. The van der Waals surface area contributed by atoms with Crippen molar-refractivity contribution >= 4 is 40.2 Å². The highest BCUT2D eigenvalue weighted by Crippen LogP contribution is 2.28. The quantitative estimate of drug-likeness (QED) is 0.744. The van der Waals surface area contributed by atoms with Crippen molar-refractivity contribution in [1.29, 1.82) is 0 Å². The van der Waals surface area contributed by atoms with E-state index < -0.39 is 10.8 Å². The van der Waals surface area contributed by atoms with Crippen LogP contribution in [0.25, 0.3) is 6.08 Å². The maximum atomic E-state index is 11.4. The van der Waals surface area contributed by atoms with E-state index in [1.807, 2.05) is 18.4 Å². The molecule has 0 bridgehead atoms. The van der Waals surface area contributed by atoms with E-state index in [0.29, 0.717) is 17.4 Å². The Kier molecular flexibility index (Phi) is 6.54. The van der Waals surface area contributed by atoms with Crippen molar-refractivity contribution in [3.8, 4) is 5.75 Å². The highest BCUT2D eigenvalue weighted by atomic mass is 35.5. The molecule has 0 fully saturated rings. The van der Waals surface area contributed by atoms with Crippen LogP contribution in [0.3, 0.4) is 0 Å². The van der Waals surface area contributed by atoms with Gasteiger partial charge in [0.15, 0.2) is 0 Å². The number of rotatable bonds is 6. The highest BCUT2D eigenvalue weighted by molar-refractivity contribution is 8.16. The number of hydrogen-bond acceptors (Lipinski definition) is 3. The van der Waals surface area contributed by atoms with Crippen molar-refractivity contribution in [1.82, 2.24) is 0 Å². The van der Waals surface area contributed by atoms with Crippen LogP contribution in [0, 0.1) is 0 Å². The molecule has 0 spiro atoms. The van der Waals surface area contributed by atoms with E-state index >= 15 is 0 Å². The second-order valence-electron chi connectivity index (χ2n) is 3.41. The first-order valence-electron chi connectivity index (χ1n) is 5.21. The van der Waals surface area contributed by atoms with Crippen molar-refractivity contribution in [2.75, 3.05) is 19.1 Å². The molecule has 2 nitrogen and oxygen atoms in total. The summed E-state index contributed by atoms with van der Waals surface area (Å²) in [7, 11) is -0.984. The summed E-state index contributed by atoms with van der Waals surface area (Å²) in [6.45, 7) is 4.00. The van der Waals surface area contributed by atoms with Crippen LogP contribution in [0.2, 0.25) is 5.02 Å². The lowest BCUT2D eigenvalue weighted by Gasteiger charge is -2.07. The third-order valence-corrected chi connectivity index (χ3v) is 4.79. The van der Waals surface area contributed by atoms with Gasteiger partial charge in [0.1, 0.15) is 12.4 Å². The molecule has 0 aliphatic carbocycles. The van der Waals surface area contributed by atoms with Gasteiger partial charge in [-0.3, -0.25) is 4.21 Å². The molecule has 0 heterocycles. The zero-order chi connectivity index (χ0) is 13.5. The third kappa shape index (κ3) is 4.52. The number of benzene rings is 1. The van der Waals surface area contributed by atoms with Crippen LogP contribution in [0.15, 0.2) is 35.1 Å². The third-order valence-electron chi connectivity index (χ3n) is 2.08. The molecule has 0 saturated carbocycles. The zero-order valence-corrected chi connectivity index (χ0v) is 12.7. The van der Waals surface area contributed by atoms with E-state index in [0.717, 1.165) is 9.80 Å². The van der Waals surface area contributed by atoms with Crippen molar-refractivity contribution in [3.05, 3.63) is 45.7 Å². The normalized spacial score (nSPS) is 13.2. The topological polar surface area (TPSA) is 26.3 Å². The minimum atomic E-state index is -0.984. The van der Waals surface area contributed by atoms with Gasteiger partial charge in [0, 0.05) is 6.26 Å². The molecule has 0 N–H and O–H groups in total. The fourth-order valence-corrected chi connectivity index (χ4v) is 3.01. The first kappa shape index (κ1) is 15.3. The largest absolute Gasteiger partial charge is 0.488 e. The van der Waals surface area contributed by atoms with Gasteiger partial charge in [-0.05, 0) is 30.0 Å². The summed E-state index contributed by atoms with van der Waals surface area (Å²) in [5.74, 6) is 0.622. The predicted octanol–water partition coefficient (Wildman–Crippen LogP) is 3.94. The first-order chi connectivity index (χ1) is 8.58. The molecule has 1 aromatic rings. The summed E-state index contributed by atoms with van der Waals surface area (Å²) >= 11 is 7.57. The lowest BCUT2D eigenvalue weighted by atomic mass is 10.2. The van der Waals surface area contributed by atoms with Crippen LogP contribution in [0.1, 0.15) is 5.56 Å². The van der Waals surface area contributed by atoms with E-state index in [9.17, 15) is 4.21 Å². The zero-order valence-electron chi connectivity index (χ0n) is 10.3. The molecule has 0 radical (unpaired) electrons. The Morgan fingerprint density at radius 2 is 2.33 bits per heavy atom. The molecule has 0 aliphatic heterocycles. The Bertz CT molecular complexity index is 484. The second-order valence-corrected chi connectivity index (χ2v) is 6.27. The summed E-state index contributed by atoms with van der Waals surface area (Å²) in [6.07, 6.45) is 7.09. The summed E-state index contributed by atoms with van der Waals surface area (Å²) in [5.41, 5.74) is 0.908. The number of hydrogen-bond donors (Lipinski definition) is 0. The van der Waals surface area contributed by atoms with Gasteiger partial charge in [0.05, 0.1) is 20.1 Å². The SMILES string of the molecule is C=CCOc1ccc(C=C(SC)S(C)=O)cc1Cl. The van der Waals surface area contributed by atoms with Gasteiger partial charge in [0.25, 0.3) is 0 Å². The van der Waals surface area contributed by atoms with Crippen molar-refractivity contribution < 1.29 is 8.95 Å². The van der Waals surface area contributed by atoms with Crippen molar-refractivity contribution in [2.24, 2.45) is 0 Å². The second kappa shape index (κ2) is 7.67. The molecule has 0 saturated heterocycles. The Balaban J connectivity index is 2.96. The maximum Gasteiger partial charge on any atom is 0.138 e. The van der Waals surface area contributed by atoms with Gasteiger partial charge in [0.2, 0.25) is 0 Å². The first-order valence-corrected chi connectivity index (χ1v) is 8.37. The highest BCUT2D eigenvalue weighted by Gasteiger charge is 2.04. The molecule has 0 aliphatic rings. The van der Waals surface area contributed by atoms with Crippen LogP contribution in [0.5, 0.6) is 5.75 Å². The van der Waals surface area contributed by atoms with Crippen LogP contribution in [-0.2, 0) is 10.8 Å². The minimum Gasteiger partial charge on any atom is -0.488 e. The minimum absolute atomic E-state index is 0.421. The molecule has 0 aromatic heterocycles. The molecular formula is C13H15ClO2S2. The monoisotopic (exact) mass is 302 g/mol. The maximum absolute atomic E-state index is 11.4. The molecular weight excluding hydrogens is 288 g/mol. The Labute approximate surface area is 120 Å². The van der Waals surface area contributed by atoms with E-state index in [4.69, 9.17) is 16.3 Å². The molecule has 1 atom stereocenters. The molecule has 1 unspecified atom stereocenters. The van der Waals surface area contributed by atoms with Gasteiger partial charge in [-0.15, -0.1) is 11.8 Å².